The van der Waals surface area contributed by atoms with Gasteiger partial charge in [-0.25, -0.2) is 0 Å². The largest absolute Gasteiger partial charge is 0.340 e. The average molecular weight is 264 g/mol. The lowest BCUT2D eigenvalue weighted by atomic mass is 9.89. The summed E-state index contributed by atoms with van der Waals surface area (Å²) in [5.74, 6) is 0.539. The van der Waals surface area contributed by atoms with Gasteiger partial charge in [0.05, 0.1) is 12.1 Å². The lowest BCUT2D eigenvalue weighted by Crippen LogP contribution is -2.42. The van der Waals surface area contributed by atoms with Crippen LogP contribution in [0.15, 0.2) is 12.4 Å². The van der Waals surface area contributed by atoms with Crippen LogP contribution in [0.1, 0.15) is 32.3 Å². The summed E-state index contributed by atoms with van der Waals surface area (Å²) >= 11 is 0. The van der Waals surface area contributed by atoms with E-state index in [-0.39, 0.29) is 23.8 Å². The average Bonchev–Trinajstić information content (AvgIpc) is 2.96. The summed E-state index contributed by atoms with van der Waals surface area (Å²) in [6.07, 6.45) is 3.90. The quantitative estimate of drug-likeness (QED) is 0.882. The third kappa shape index (κ3) is 2.81. The van der Waals surface area contributed by atoms with Crippen LogP contribution in [0.2, 0.25) is 0 Å². The first kappa shape index (κ1) is 14.1. The molecule has 2 atom stereocenters. The molecule has 0 saturated carbocycles. The summed E-state index contributed by atoms with van der Waals surface area (Å²) in [6.45, 7) is 8.58. The SMILES string of the molecule is CCN(C(=O)[C@H]1CNC[C@@H]1c1cnn(C)c1)C(C)C. The zero-order valence-corrected chi connectivity index (χ0v) is 12.3. The number of hydrogen-bond acceptors (Lipinski definition) is 3. The molecule has 0 unspecified atom stereocenters. The summed E-state index contributed by atoms with van der Waals surface area (Å²) in [5, 5.41) is 7.56. The lowest BCUT2D eigenvalue weighted by Gasteiger charge is -2.29. The van der Waals surface area contributed by atoms with Crippen LogP contribution in [0.25, 0.3) is 0 Å². The molecule has 1 aliphatic heterocycles. The number of aryl methyl sites for hydroxylation is 1. The van der Waals surface area contributed by atoms with E-state index >= 15 is 0 Å². The zero-order valence-electron chi connectivity index (χ0n) is 12.3. The van der Waals surface area contributed by atoms with Gasteiger partial charge in [0.25, 0.3) is 0 Å². The number of amides is 1. The Labute approximate surface area is 115 Å². The van der Waals surface area contributed by atoms with E-state index in [1.807, 2.05) is 31.3 Å². The highest BCUT2D eigenvalue weighted by Crippen LogP contribution is 2.29. The van der Waals surface area contributed by atoms with Crippen molar-refractivity contribution in [2.45, 2.75) is 32.7 Å². The van der Waals surface area contributed by atoms with Gasteiger partial charge in [0.1, 0.15) is 0 Å². The van der Waals surface area contributed by atoms with Gasteiger partial charge < -0.3 is 10.2 Å². The molecular weight excluding hydrogens is 240 g/mol. The number of carbonyl (C=O) groups excluding carboxylic acids is 1. The molecule has 106 valence electrons. The highest BCUT2D eigenvalue weighted by Gasteiger charge is 2.37. The third-order valence-electron chi connectivity index (χ3n) is 3.93. The minimum absolute atomic E-state index is 0.0338. The van der Waals surface area contributed by atoms with Gasteiger partial charge in [0.15, 0.2) is 0 Å². The molecule has 1 aliphatic rings. The van der Waals surface area contributed by atoms with E-state index in [2.05, 4.69) is 24.3 Å². The van der Waals surface area contributed by atoms with Crippen molar-refractivity contribution in [3.63, 3.8) is 0 Å². The van der Waals surface area contributed by atoms with Crippen LogP contribution in [0.3, 0.4) is 0 Å². The first-order chi connectivity index (χ1) is 9.04. The minimum atomic E-state index is 0.0338. The maximum atomic E-state index is 12.7. The van der Waals surface area contributed by atoms with Crippen molar-refractivity contribution in [2.75, 3.05) is 19.6 Å². The van der Waals surface area contributed by atoms with Gasteiger partial charge in [0.2, 0.25) is 5.91 Å². The topological polar surface area (TPSA) is 50.2 Å². The summed E-state index contributed by atoms with van der Waals surface area (Å²) in [4.78, 5) is 14.6. The van der Waals surface area contributed by atoms with E-state index in [0.29, 0.717) is 0 Å². The monoisotopic (exact) mass is 264 g/mol. The minimum Gasteiger partial charge on any atom is -0.340 e. The van der Waals surface area contributed by atoms with Gasteiger partial charge in [-0.15, -0.1) is 0 Å². The van der Waals surface area contributed by atoms with E-state index in [0.717, 1.165) is 25.2 Å². The molecule has 1 fully saturated rings. The van der Waals surface area contributed by atoms with Crippen LogP contribution in [0.4, 0.5) is 0 Å². The van der Waals surface area contributed by atoms with Gasteiger partial charge >= 0.3 is 0 Å². The van der Waals surface area contributed by atoms with Crippen LogP contribution < -0.4 is 5.32 Å². The molecular formula is C14H24N4O. The number of carbonyl (C=O) groups is 1. The predicted molar refractivity (Wildman–Crippen MR) is 74.8 cm³/mol. The smallest absolute Gasteiger partial charge is 0.227 e. The molecule has 0 aliphatic carbocycles. The van der Waals surface area contributed by atoms with Crippen LogP contribution in [-0.2, 0) is 11.8 Å². The fourth-order valence-electron chi connectivity index (χ4n) is 2.91. The number of aromatic nitrogens is 2. The molecule has 1 aromatic heterocycles. The first-order valence-corrected chi connectivity index (χ1v) is 7.04. The highest BCUT2D eigenvalue weighted by molar-refractivity contribution is 5.81. The number of hydrogen-bond donors (Lipinski definition) is 1. The summed E-state index contributed by atoms with van der Waals surface area (Å²) in [5.41, 5.74) is 1.16. The van der Waals surface area contributed by atoms with Gasteiger partial charge in [0, 0.05) is 44.8 Å². The second-order valence-corrected chi connectivity index (χ2v) is 5.54. The molecule has 5 nitrogen and oxygen atoms in total. The molecule has 1 aromatic rings. The lowest BCUT2D eigenvalue weighted by molar-refractivity contribution is -0.136. The van der Waals surface area contributed by atoms with Crippen molar-refractivity contribution >= 4 is 5.91 Å². The summed E-state index contributed by atoms with van der Waals surface area (Å²) in [7, 11) is 1.91. The van der Waals surface area contributed by atoms with Crippen molar-refractivity contribution < 1.29 is 4.79 Å². The maximum Gasteiger partial charge on any atom is 0.227 e. The Balaban J connectivity index is 2.16. The Morgan fingerprint density at radius 1 is 1.58 bits per heavy atom. The highest BCUT2D eigenvalue weighted by atomic mass is 16.2. The molecule has 0 aromatic carbocycles. The second-order valence-electron chi connectivity index (χ2n) is 5.54. The standard InChI is InChI=1S/C14H24N4O/c1-5-18(10(2)3)14(19)13-8-15-7-12(13)11-6-16-17(4)9-11/h6,9-10,12-13,15H,5,7-8H2,1-4H3/t12-,13+/m1/s1. The first-order valence-electron chi connectivity index (χ1n) is 7.04. The molecule has 1 amide bonds. The van der Waals surface area contributed by atoms with Crippen molar-refractivity contribution in [3.8, 4) is 0 Å². The van der Waals surface area contributed by atoms with Gasteiger partial charge in [-0.05, 0) is 26.3 Å². The molecule has 2 heterocycles. The summed E-state index contributed by atoms with van der Waals surface area (Å²) < 4.78 is 1.80. The molecule has 2 rings (SSSR count). The zero-order chi connectivity index (χ0) is 14.0. The Bertz CT molecular complexity index is 440. The van der Waals surface area contributed by atoms with Gasteiger partial charge in [-0.3, -0.25) is 9.48 Å². The fraction of sp³-hybridized carbons (Fsp3) is 0.714. The van der Waals surface area contributed by atoms with E-state index in [1.165, 1.54) is 0 Å². The van der Waals surface area contributed by atoms with Crippen LogP contribution in [0.5, 0.6) is 0 Å². The van der Waals surface area contributed by atoms with E-state index in [4.69, 9.17) is 0 Å². The molecule has 1 saturated heterocycles. The van der Waals surface area contributed by atoms with Gasteiger partial charge in [-0.2, -0.15) is 5.10 Å². The third-order valence-corrected chi connectivity index (χ3v) is 3.93. The Kier molecular flexibility index (Phi) is 4.24. The van der Waals surface area contributed by atoms with E-state index < -0.39 is 0 Å². The Hall–Kier alpha value is -1.36. The van der Waals surface area contributed by atoms with Crippen molar-refractivity contribution in [1.82, 2.24) is 20.0 Å². The molecule has 0 bridgehead atoms. The van der Waals surface area contributed by atoms with E-state index in [9.17, 15) is 4.79 Å². The van der Waals surface area contributed by atoms with E-state index in [1.54, 1.807) is 4.68 Å². The van der Waals surface area contributed by atoms with Crippen molar-refractivity contribution in [1.29, 1.82) is 0 Å². The Morgan fingerprint density at radius 2 is 2.32 bits per heavy atom. The van der Waals surface area contributed by atoms with Crippen LogP contribution >= 0.6 is 0 Å². The van der Waals surface area contributed by atoms with Crippen molar-refractivity contribution in [3.05, 3.63) is 18.0 Å². The molecule has 0 radical (unpaired) electrons. The molecule has 1 N–H and O–H groups in total. The predicted octanol–water partition coefficient (Wildman–Crippen LogP) is 0.980. The maximum absolute atomic E-state index is 12.7. The number of nitrogens with zero attached hydrogens (tertiary/aromatic N) is 3. The number of rotatable bonds is 4. The molecule has 5 heteroatoms. The second kappa shape index (κ2) is 5.74. The molecule has 19 heavy (non-hydrogen) atoms. The molecule has 0 spiro atoms. The van der Waals surface area contributed by atoms with Crippen molar-refractivity contribution in [2.24, 2.45) is 13.0 Å². The number of nitrogens with one attached hydrogen (secondary N) is 1. The Morgan fingerprint density at radius 3 is 2.84 bits per heavy atom. The fourth-order valence-corrected chi connectivity index (χ4v) is 2.91. The summed E-state index contributed by atoms with van der Waals surface area (Å²) in [6, 6.07) is 0.257. The van der Waals surface area contributed by atoms with Crippen LogP contribution in [-0.4, -0.2) is 46.3 Å². The van der Waals surface area contributed by atoms with Gasteiger partial charge in [-0.1, -0.05) is 0 Å². The normalized spacial score (nSPS) is 23.0. The van der Waals surface area contributed by atoms with Crippen LogP contribution in [0, 0.1) is 5.92 Å².